The average Bonchev–Trinajstić information content (AvgIpc) is 3.31. The van der Waals surface area contributed by atoms with Crippen LogP contribution in [-0.2, 0) is 36.4 Å². The van der Waals surface area contributed by atoms with E-state index in [4.69, 9.17) is 0 Å². The molecular formula is C44H43IrN3-2. The Morgan fingerprint density at radius 3 is 1.94 bits per heavy atom. The van der Waals surface area contributed by atoms with Crippen molar-refractivity contribution in [2.24, 2.45) is 0 Å². The van der Waals surface area contributed by atoms with E-state index in [-0.39, 0.29) is 36.4 Å². The smallest absolute Gasteiger partial charge is 0.0751 e. The molecule has 7 rings (SSSR count). The quantitative estimate of drug-likeness (QED) is 0.167. The fourth-order valence-electron chi connectivity index (χ4n) is 6.26. The molecule has 0 fully saturated rings. The number of rotatable bonds is 3. The number of fused-ring (bicyclic) bond motifs is 3. The van der Waals surface area contributed by atoms with Crippen molar-refractivity contribution in [1.29, 1.82) is 0 Å². The topological polar surface area (TPSA) is 38.7 Å². The molecule has 0 N–H and O–H groups in total. The molecule has 2 aromatic heterocycles. The summed E-state index contributed by atoms with van der Waals surface area (Å²) >= 11 is 0. The summed E-state index contributed by atoms with van der Waals surface area (Å²) in [5.41, 5.74) is 13.2. The fraction of sp³-hybridized carbons (Fsp3) is 0.250. The standard InChI is InChI=1S/C23H23N2.C21H20N.Ir/c1-22(2,3)15-13-24-21(25-14-15)18-11-8-10-17-16-9-6-7-12-19(16)23(4,5)20(17)18;1-21(2,3)19-12-13-22-20(15-19)18-11-7-10-17(14-18)16-8-5-4-6-9-16;/h6-10,12-14H,1-5H3;4-10,12-15H,1-3H3;/q2*-1;. The maximum Gasteiger partial charge on any atom is 0.0751 e. The zero-order valence-corrected chi connectivity index (χ0v) is 31.5. The summed E-state index contributed by atoms with van der Waals surface area (Å²) < 4.78 is 0. The molecule has 1 aliphatic carbocycles. The van der Waals surface area contributed by atoms with Crippen LogP contribution in [0.15, 0.2) is 116 Å². The number of hydrogen-bond donors (Lipinski definition) is 0. The van der Waals surface area contributed by atoms with Crippen LogP contribution in [0.3, 0.4) is 0 Å². The van der Waals surface area contributed by atoms with Gasteiger partial charge in [0.2, 0.25) is 0 Å². The summed E-state index contributed by atoms with van der Waals surface area (Å²) in [7, 11) is 0. The van der Waals surface area contributed by atoms with Gasteiger partial charge in [-0.1, -0.05) is 122 Å². The normalized spacial score (nSPS) is 13.0. The first kappa shape index (κ1) is 35.1. The Kier molecular flexibility index (Phi) is 10.0. The molecule has 0 unspecified atom stereocenters. The average molecular weight is 806 g/mol. The van der Waals surface area contributed by atoms with Crippen LogP contribution in [0.4, 0.5) is 0 Å². The van der Waals surface area contributed by atoms with Crippen LogP contribution < -0.4 is 0 Å². The second kappa shape index (κ2) is 13.7. The van der Waals surface area contributed by atoms with E-state index in [1.807, 2.05) is 36.8 Å². The van der Waals surface area contributed by atoms with Crippen LogP contribution in [0.1, 0.15) is 77.6 Å². The molecule has 0 saturated carbocycles. The number of hydrogen-bond acceptors (Lipinski definition) is 3. The van der Waals surface area contributed by atoms with E-state index >= 15 is 0 Å². The molecule has 0 saturated heterocycles. The van der Waals surface area contributed by atoms with Crippen LogP contribution in [0.25, 0.3) is 44.9 Å². The predicted octanol–water partition coefficient (Wildman–Crippen LogP) is 11.1. The van der Waals surface area contributed by atoms with Gasteiger partial charge >= 0.3 is 0 Å². The van der Waals surface area contributed by atoms with Gasteiger partial charge in [0, 0.05) is 38.7 Å². The van der Waals surface area contributed by atoms with Gasteiger partial charge in [-0.15, -0.1) is 64.7 Å². The Morgan fingerprint density at radius 2 is 1.25 bits per heavy atom. The van der Waals surface area contributed by atoms with Crippen molar-refractivity contribution < 1.29 is 20.1 Å². The van der Waals surface area contributed by atoms with Gasteiger partial charge in [0.15, 0.2) is 0 Å². The molecule has 0 amide bonds. The zero-order valence-electron chi connectivity index (χ0n) is 29.1. The fourth-order valence-corrected chi connectivity index (χ4v) is 6.26. The molecule has 4 aromatic carbocycles. The molecule has 1 aliphatic rings. The molecule has 0 spiro atoms. The van der Waals surface area contributed by atoms with Gasteiger partial charge in [0.05, 0.1) is 5.82 Å². The van der Waals surface area contributed by atoms with Crippen LogP contribution >= 0.6 is 0 Å². The number of pyridine rings is 1. The van der Waals surface area contributed by atoms with Gasteiger partial charge in [-0.3, -0.25) is 9.97 Å². The molecule has 0 bridgehead atoms. The van der Waals surface area contributed by atoms with Crippen LogP contribution in [-0.4, -0.2) is 15.0 Å². The third-order valence-corrected chi connectivity index (χ3v) is 9.06. The zero-order chi connectivity index (χ0) is 33.4. The monoisotopic (exact) mass is 806 g/mol. The molecular weight excluding hydrogens is 763 g/mol. The Bertz CT molecular complexity index is 2010. The van der Waals surface area contributed by atoms with Gasteiger partial charge in [-0.2, -0.15) is 0 Å². The summed E-state index contributed by atoms with van der Waals surface area (Å²) in [5, 5.41) is 0. The first-order valence-corrected chi connectivity index (χ1v) is 16.4. The summed E-state index contributed by atoms with van der Waals surface area (Å²) in [5.74, 6) is 0.755. The molecule has 0 atom stereocenters. The molecule has 2 heterocycles. The molecule has 0 aliphatic heterocycles. The van der Waals surface area contributed by atoms with Crippen LogP contribution in [0.5, 0.6) is 0 Å². The van der Waals surface area contributed by atoms with Crippen molar-refractivity contribution in [2.75, 3.05) is 0 Å². The van der Waals surface area contributed by atoms with Gasteiger partial charge in [-0.05, 0) is 55.8 Å². The van der Waals surface area contributed by atoms with E-state index in [0.717, 1.165) is 28.2 Å². The molecule has 245 valence electrons. The minimum absolute atomic E-state index is 0. The van der Waals surface area contributed by atoms with Gasteiger partial charge in [-0.25, -0.2) is 0 Å². The largest absolute Gasteiger partial charge is 0.305 e. The third kappa shape index (κ3) is 7.11. The van der Waals surface area contributed by atoms with Crippen molar-refractivity contribution in [1.82, 2.24) is 15.0 Å². The van der Waals surface area contributed by atoms with Crippen molar-refractivity contribution in [3.8, 4) is 44.9 Å². The molecule has 4 heteroatoms. The Labute approximate surface area is 300 Å². The summed E-state index contributed by atoms with van der Waals surface area (Å²) in [6.45, 7) is 17.7. The summed E-state index contributed by atoms with van der Waals surface area (Å²) in [6.07, 6.45) is 5.79. The van der Waals surface area contributed by atoms with Crippen molar-refractivity contribution >= 4 is 0 Å². The molecule has 3 nitrogen and oxygen atoms in total. The van der Waals surface area contributed by atoms with Crippen molar-refractivity contribution in [3.05, 3.63) is 150 Å². The van der Waals surface area contributed by atoms with Crippen LogP contribution in [0.2, 0.25) is 0 Å². The van der Waals surface area contributed by atoms with Crippen molar-refractivity contribution in [2.45, 2.75) is 71.6 Å². The van der Waals surface area contributed by atoms with E-state index < -0.39 is 0 Å². The van der Waals surface area contributed by atoms with E-state index in [2.05, 4.69) is 161 Å². The minimum Gasteiger partial charge on any atom is -0.305 e. The molecule has 6 aromatic rings. The minimum atomic E-state index is -0.0783. The third-order valence-electron chi connectivity index (χ3n) is 9.06. The van der Waals surface area contributed by atoms with E-state index in [9.17, 15) is 0 Å². The van der Waals surface area contributed by atoms with Crippen molar-refractivity contribution in [3.63, 3.8) is 0 Å². The molecule has 48 heavy (non-hydrogen) atoms. The molecule has 1 radical (unpaired) electrons. The van der Waals surface area contributed by atoms with Gasteiger partial charge < -0.3 is 4.98 Å². The van der Waals surface area contributed by atoms with Crippen LogP contribution in [0, 0.1) is 12.1 Å². The van der Waals surface area contributed by atoms with E-state index in [1.54, 1.807) is 0 Å². The SMILES string of the molecule is CC(C)(C)c1ccnc(-c2[c-]ccc(-c3ccccc3)c2)c1.CC(C)(C)c1cnc(-c2[c-]ccc3c2C(C)(C)c2ccccc2-3)nc1.[Ir]. The number of benzene rings is 4. The number of nitrogens with zero attached hydrogens (tertiary/aromatic N) is 3. The maximum atomic E-state index is 4.68. The predicted molar refractivity (Wildman–Crippen MR) is 195 cm³/mol. The first-order valence-electron chi connectivity index (χ1n) is 16.4. The Morgan fingerprint density at radius 1 is 0.604 bits per heavy atom. The Hall–Kier alpha value is -4.24. The Balaban J connectivity index is 0.000000186. The van der Waals surface area contributed by atoms with E-state index in [0.29, 0.717) is 0 Å². The number of aromatic nitrogens is 3. The maximum absolute atomic E-state index is 4.68. The van der Waals surface area contributed by atoms with Gasteiger partial charge in [0.25, 0.3) is 0 Å². The second-order valence-corrected chi connectivity index (χ2v) is 14.9. The first-order chi connectivity index (χ1) is 22.3. The summed E-state index contributed by atoms with van der Waals surface area (Å²) in [6, 6.07) is 40.4. The van der Waals surface area contributed by atoms with E-state index in [1.165, 1.54) is 38.9 Å². The van der Waals surface area contributed by atoms with Gasteiger partial charge in [0.1, 0.15) is 0 Å². The summed E-state index contributed by atoms with van der Waals surface area (Å²) in [4.78, 5) is 13.9. The second-order valence-electron chi connectivity index (χ2n) is 14.9.